The monoisotopic (exact) mass is 314 g/mol. The molecule has 2 heterocycles. The highest BCUT2D eigenvalue weighted by molar-refractivity contribution is 7.18. The van der Waals surface area contributed by atoms with E-state index in [4.69, 9.17) is 0 Å². The maximum atomic E-state index is 12.0. The van der Waals surface area contributed by atoms with E-state index >= 15 is 0 Å². The molecular weight excluding hydrogens is 296 g/mol. The molecule has 0 atom stereocenters. The van der Waals surface area contributed by atoms with Crippen molar-refractivity contribution in [2.24, 2.45) is 0 Å². The minimum Gasteiger partial charge on any atom is -0.350 e. The van der Waals surface area contributed by atoms with Crippen LogP contribution in [0.25, 0.3) is 10.2 Å². The Kier molecular flexibility index (Phi) is 4.20. The number of hydrogen-bond acceptors (Lipinski definition) is 4. The third-order valence-corrected chi connectivity index (χ3v) is 4.43. The lowest BCUT2D eigenvalue weighted by Crippen LogP contribution is -2.26. The van der Waals surface area contributed by atoms with Crippen LogP contribution in [0.5, 0.6) is 0 Å². The van der Waals surface area contributed by atoms with Crippen molar-refractivity contribution in [3.63, 3.8) is 0 Å². The molecule has 0 fully saturated rings. The van der Waals surface area contributed by atoms with E-state index in [2.05, 4.69) is 21.5 Å². The molecule has 2 aromatic heterocycles. The zero-order chi connectivity index (χ0) is 15.5. The Bertz CT molecular complexity index is 757. The largest absolute Gasteiger partial charge is 0.350 e. The second-order valence-electron chi connectivity index (χ2n) is 5.36. The van der Waals surface area contributed by atoms with E-state index in [-0.39, 0.29) is 11.9 Å². The van der Waals surface area contributed by atoms with Gasteiger partial charge in [-0.15, -0.1) is 11.3 Å². The maximum Gasteiger partial charge on any atom is 0.271 e. The number of benzene rings is 1. The second kappa shape index (κ2) is 6.27. The van der Waals surface area contributed by atoms with Crippen LogP contribution >= 0.6 is 11.3 Å². The fraction of sp³-hybridized carbons (Fsp3) is 0.312. The number of thiazole rings is 1. The van der Waals surface area contributed by atoms with Crippen molar-refractivity contribution in [3.8, 4) is 0 Å². The van der Waals surface area contributed by atoms with Crippen molar-refractivity contribution >= 4 is 27.5 Å². The molecule has 3 rings (SSSR count). The topological polar surface area (TPSA) is 59.8 Å². The summed E-state index contributed by atoms with van der Waals surface area (Å²) >= 11 is 1.67. The Morgan fingerprint density at radius 2 is 2.14 bits per heavy atom. The van der Waals surface area contributed by atoms with Crippen molar-refractivity contribution in [2.45, 2.75) is 26.3 Å². The molecule has 0 aliphatic carbocycles. The van der Waals surface area contributed by atoms with Crippen LogP contribution in [0, 0.1) is 0 Å². The summed E-state index contributed by atoms with van der Waals surface area (Å²) in [5.74, 6) is -0.138. The Hall–Kier alpha value is -2.21. The fourth-order valence-electron chi connectivity index (χ4n) is 2.15. The molecule has 0 radical (unpaired) electrons. The van der Waals surface area contributed by atoms with Gasteiger partial charge in [0.25, 0.3) is 5.91 Å². The predicted octanol–water partition coefficient (Wildman–Crippen LogP) is 3.05. The molecule has 6 heteroatoms. The van der Waals surface area contributed by atoms with Gasteiger partial charge in [0.15, 0.2) is 0 Å². The van der Waals surface area contributed by atoms with E-state index in [9.17, 15) is 4.79 Å². The summed E-state index contributed by atoms with van der Waals surface area (Å²) in [6.45, 7) is 4.62. The lowest BCUT2D eigenvalue weighted by molar-refractivity contribution is 0.0948. The van der Waals surface area contributed by atoms with E-state index in [1.807, 2.05) is 38.2 Å². The Morgan fingerprint density at radius 1 is 1.32 bits per heavy atom. The molecule has 0 aliphatic heterocycles. The third-order valence-electron chi connectivity index (χ3n) is 3.33. The molecule has 0 aliphatic rings. The average Bonchev–Trinajstić information content (AvgIpc) is 3.13. The van der Waals surface area contributed by atoms with Crippen molar-refractivity contribution in [2.75, 3.05) is 6.54 Å². The SMILES string of the molecule is CC(C)n1ccc(C(=O)NCCc2nc3ccccc3s2)n1. The number of para-hydroxylation sites is 1. The Labute approximate surface area is 133 Å². The van der Waals surface area contributed by atoms with Gasteiger partial charge in [-0.3, -0.25) is 9.48 Å². The van der Waals surface area contributed by atoms with Crippen LogP contribution in [0.1, 0.15) is 35.4 Å². The van der Waals surface area contributed by atoms with E-state index < -0.39 is 0 Å². The zero-order valence-electron chi connectivity index (χ0n) is 12.6. The van der Waals surface area contributed by atoms with Crippen molar-refractivity contribution in [3.05, 3.63) is 47.2 Å². The van der Waals surface area contributed by atoms with Gasteiger partial charge < -0.3 is 5.32 Å². The smallest absolute Gasteiger partial charge is 0.271 e. The van der Waals surface area contributed by atoms with E-state index in [0.29, 0.717) is 12.2 Å². The van der Waals surface area contributed by atoms with Crippen LogP contribution in [0.15, 0.2) is 36.5 Å². The first kappa shape index (κ1) is 14.7. The van der Waals surface area contributed by atoms with Gasteiger partial charge in [0.2, 0.25) is 0 Å². The molecule has 5 nitrogen and oxygen atoms in total. The van der Waals surface area contributed by atoms with Crippen molar-refractivity contribution < 1.29 is 4.79 Å². The lowest BCUT2D eigenvalue weighted by Gasteiger charge is -2.04. The maximum absolute atomic E-state index is 12.0. The molecule has 0 spiro atoms. The minimum atomic E-state index is -0.138. The lowest BCUT2D eigenvalue weighted by atomic mass is 10.3. The predicted molar refractivity (Wildman–Crippen MR) is 88.3 cm³/mol. The number of nitrogens with one attached hydrogen (secondary N) is 1. The van der Waals surface area contributed by atoms with Gasteiger partial charge >= 0.3 is 0 Å². The van der Waals surface area contributed by atoms with Crippen LogP contribution < -0.4 is 5.32 Å². The number of fused-ring (bicyclic) bond motifs is 1. The summed E-state index contributed by atoms with van der Waals surface area (Å²) in [6.07, 6.45) is 2.56. The van der Waals surface area contributed by atoms with E-state index in [1.54, 1.807) is 22.1 Å². The molecule has 1 N–H and O–H groups in total. The highest BCUT2D eigenvalue weighted by Gasteiger charge is 2.10. The number of amides is 1. The van der Waals surface area contributed by atoms with Gasteiger partial charge in [-0.1, -0.05) is 12.1 Å². The molecule has 1 aromatic carbocycles. The van der Waals surface area contributed by atoms with Gasteiger partial charge in [-0.05, 0) is 32.0 Å². The van der Waals surface area contributed by atoms with E-state index in [1.165, 1.54) is 4.70 Å². The standard InChI is InChI=1S/C16H18N4OS/c1-11(2)20-10-8-13(19-20)16(21)17-9-7-15-18-12-5-3-4-6-14(12)22-15/h3-6,8,10-11H,7,9H2,1-2H3,(H,17,21). The molecule has 0 unspecified atom stereocenters. The first-order valence-electron chi connectivity index (χ1n) is 7.31. The number of nitrogens with zero attached hydrogens (tertiary/aromatic N) is 3. The summed E-state index contributed by atoms with van der Waals surface area (Å²) in [7, 11) is 0. The van der Waals surface area contributed by atoms with Gasteiger partial charge in [0, 0.05) is 25.2 Å². The van der Waals surface area contributed by atoms with Crippen LogP contribution in [-0.2, 0) is 6.42 Å². The summed E-state index contributed by atoms with van der Waals surface area (Å²) < 4.78 is 2.96. The molecule has 1 amide bonds. The minimum absolute atomic E-state index is 0.138. The highest BCUT2D eigenvalue weighted by Crippen LogP contribution is 2.21. The third kappa shape index (κ3) is 3.17. The summed E-state index contributed by atoms with van der Waals surface area (Å²) in [6, 6.07) is 10.1. The quantitative estimate of drug-likeness (QED) is 0.787. The number of carbonyl (C=O) groups excluding carboxylic acids is 1. The Morgan fingerprint density at radius 3 is 2.86 bits per heavy atom. The number of aromatic nitrogens is 3. The number of carbonyl (C=O) groups is 1. The first-order chi connectivity index (χ1) is 10.6. The molecule has 0 saturated carbocycles. The second-order valence-corrected chi connectivity index (χ2v) is 6.47. The molecule has 0 bridgehead atoms. The molecule has 22 heavy (non-hydrogen) atoms. The van der Waals surface area contributed by atoms with E-state index in [0.717, 1.165) is 16.9 Å². The molecule has 0 saturated heterocycles. The van der Waals surface area contributed by atoms with Gasteiger partial charge in [-0.25, -0.2) is 4.98 Å². The summed E-state index contributed by atoms with van der Waals surface area (Å²) in [5.41, 5.74) is 1.47. The van der Waals surface area contributed by atoms with Crippen molar-refractivity contribution in [1.29, 1.82) is 0 Å². The van der Waals surface area contributed by atoms with Crippen LogP contribution in [0.2, 0.25) is 0 Å². The summed E-state index contributed by atoms with van der Waals surface area (Å²) in [5, 5.41) is 8.19. The van der Waals surface area contributed by atoms with Gasteiger partial charge in [-0.2, -0.15) is 5.10 Å². The number of hydrogen-bond donors (Lipinski definition) is 1. The normalized spacial score (nSPS) is 11.2. The number of rotatable bonds is 5. The van der Waals surface area contributed by atoms with Crippen LogP contribution in [0.4, 0.5) is 0 Å². The van der Waals surface area contributed by atoms with Crippen LogP contribution in [-0.4, -0.2) is 27.2 Å². The molecule has 3 aromatic rings. The zero-order valence-corrected chi connectivity index (χ0v) is 13.4. The average molecular weight is 314 g/mol. The highest BCUT2D eigenvalue weighted by atomic mass is 32.1. The fourth-order valence-corrected chi connectivity index (χ4v) is 3.11. The van der Waals surface area contributed by atoms with Gasteiger partial charge in [0.1, 0.15) is 5.69 Å². The van der Waals surface area contributed by atoms with Gasteiger partial charge in [0.05, 0.1) is 15.2 Å². The van der Waals surface area contributed by atoms with Crippen molar-refractivity contribution in [1.82, 2.24) is 20.1 Å². The van der Waals surface area contributed by atoms with Crippen LogP contribution in [0.3, 0.4) is 0 Å². The molecular formula is C16H18N4OS. The Balaban J connectivity index is 1.56. The first-order valence-corrected chi connectivity index (χ1v) is 8.13. The molecule has 114 valence electrons. The summed E-state index contributed by atoms with van der Waals surface area (Å²) in [4.78, 5) is 16.6.